The Kier molecular flexibility index (Phi) is 5.81. The maximum atomic E-state index is 11.9. The fourth-order valence-corrected chi connectivity index (χ4v) is 2.56. The molecule has 0 fully saturated rings. The van der Waals surface area contributed by atoms with Gasteiger partial charge in [0, 0.05) is 11.9 Å². The maximum absolute atomic E-state index is 11.9. The van der Waals surface area contributed by atoms with Gasteiger partial charge in [-0.1, -0.05) is 43.8 Å². The molecule has 1 aromatic carbocycles. The highest BCUT2D eigenvalue weighted by Gasteiger charge is 2.06. The summed E-state index contributed by atoms with van der Waals surface area (Å²) in [6.45, 7) is 4.38. The fourth-order valence-electron chi connectivity index (χ4n) is 1.90. The molecule has 2 rings (SSSR count). The van der Waals surface area contributed by atoms with E-state index in [1.54, 1.807) is 6.20 Å². The number of thioether (sulfide) groups is 1. The molecule has 0 saturated heterocycles. The second-order valence-electron chi connectivity index (χ2n) is 4.94. The van der Waals surface area contributed by atoms with E-state index in [0.717, 1.165) is 17.1 Å². The van der Waals surface area contributed by atoms with Crippen LogP contribution >= 0.6 is 11.8 Å². The van der Waals surface area contributed by atoms with Crippen molar-refractivity contribution in [2.75, 3.05) is 11.1 Å². The van der Waals surface area contributed by atoms with Crippen LogP contribution in [-0.2, 0) is 4.79 Å². The van der Waals surface area contributed by atoms with E-state index < -0.39 is 0 Å². The zero-order chi connectivity index (χ0) is 15.1. The molecule has 0 bridgehead atoms. The van der Waals surface area contributed by atoms with Crippen LogP contribution in [0.15, 0.2) is 53.7 Å². The van der Waals surface area contributed by atoms with Crippen molar-refractivity contribution >= 4 is 23.4 Å². The lowest BCUT2D eigenvalue weighted by Crippen LogP contribution is -2.14. The number of nitrogens with zero attached hydrogens (tertiary/aromatic N) is 1. The minimum absolute atomic E-state index is 0.0121. The number of anilines is 1. The maximum Gasteiger partial charge on any atom is 0.234 e. The Morgan fingerprint density at radius 1 is 1.24 bits per heavy atom. The van der Waals surface area contributed by atoms with Gasteiger partial charge in [-0.2, -0.15) is 0 Å². The standard InChI is InChI=1S/C17H20N2OS/c1-3-13(2)14-7-9-15(10-8-14)19-16(20)12-21-17-6-4-5-11-18-17/h4-11,13H,3,12H2,1-2H3,(H,19,20)/t13-/m1/s1. The smallest absolute Gasteiger partial charge is 0.234 e. The van der Waals surface area contributed by atoms with E-state index >= 15 is 0 Å². The summed E-state index contributed by atoms with van der Waals surface area (Å²) in [5.41, 5.74) is 2.15. The van der Waals surface area contributed by atoms with E-state index in [2.05, 4.69) is 36.3 Å². The first-order chi connectivity index (χ1) is 10.2. The molecule has 1 amide bonds. The highest BCUT2D eigenvalue weighted by molar-refractivity contribution is 7.99. The Hall–Kier alpha value is -1.81. The minimum atomic E-state index is -0.0121. The van der Waals surface area contributed by atoms with Gasteiger partial charge in [0.15, 0.2) is 0 Å². The molecule has 4 heteroatoms. The van der Waals surface area contributed by atoms with Crippen molar-refractivity contribution in [3.63, 3.8) is 0 Å². The monoisotopic (exact) mass is 300 g/mol. The normalized spacial score (nSPS) is 11.9. The second-order valence-corrected chi connectivity index (χ2v) is 5.93. The molecule has 3 nitrogen and oxygen atoms in total. The molecular weight excluding hydrogens is 280 g/mol. The van der Waals surface area contributed by atoms with Gasteiger partial charge < -0.3 is 5.32 Å². The third kappa shape index (κ3) is 4.90. The largest absolute Gasteiger partial charge is 0.325 e. The first kappa shape index (κ1) is 15.6. The Balaban J connectivity index is 1.85. The number of rotatable bonds is 6. The van der Waals surface area contributed by atoms with Crippen LogP contribution in [0.4, 0.5) is 5.69 Å². The van der Waals surface area contributed by atoms with Crippen molar-refractivity contribution in [3.05, 3.63) is 54.2 Å². The highest BCUT2D eigenvalue weighted by Crippen LogP contribution is 2.21. The molecule has 1 aromatic heterocycles. The van der Waals surface area contributed by atoms with Crippen molar-refractivity contribution < 1.29 is 4.79 Å². The lowest BCUT2D eigenvalue weighted by Gasteiger charge is -2.10. The molecule has 2 aromatic rings. The average molecular weight is 300 g/mol. The number of carbonyl (C=O) groups excluding carboxylic acids is 1. The van der Waals surface area contributed by atoms with Crippen molar-refractivity contribution in [1.29, 1.82) is 0 Å². The first-order valence-corrected chi connectivity index (χ1v) is 8.11. The lowest BCUT2D eigenvalue weighted by atomic mass is 9.99. The molecule has 0 saturated carbocycles. The number of hydrogen-bond acceptors (Lipinski definition) is 3. The molecule has 21 heavy (non-hydrogen) atoms. The van der Waals surface area contributed by atoms with Crippen LogP contribution in [0.1, 0.15) is 31.7 Å². The summed E-state index contributed by atoms with van der Waals surface area (Å²) in [5, 5.41) is 3.77. The summed E-state index contributed by atoms with van der Waals surface area (Å²) in [5.74, 6) is 0.904. The van der Waals surface area contributed by atoms with E-state index in [1.165, 1.54) is 17.3 Å². The van der Waals surface area contributed by atoms with Crippen LogP contribution in [0.2, 0.25) is 0 Å². The Bertz CT molecular complexity index is 569. The van der Waals surface area contributed by atoms with Gasteiger partial charge in [0.1, 0.15) is 0 Å². The zero-order valence-corrected chi connectivity index (χ0v) is 13.2. The number of aromatic nitrogens is 1. The van der Waals surface area contributed by atoms with E-state index in [9.17, 15) is 4.79 Å². The summed E-state index contributed by atoms with van der Waals surface area (Å²) >= 11 is 1.44. The Labute approximate surface area is 130 Å². The first-order valence-electron chi connectivity index (χ1n) is 7.12. The molecule has 0 radical (unpaired) electrons. The van der Waals surface area contributed by atoms with Gasteiger partial charge in [0.25, 0.3) is 0 Å². The number of hydrogen-bond donors (Lipinski definition) is 1. The van der Waals surface area contributed by atoms with Crippen LogP contribution in [0.25, 0.3) is 0 Å². The number of amides is 1. The third-order valence-electron chi connectivity index (χ3n) is 3.36. The van der Waals surface area contributed by atoms with E-state index in [4.69, 9.17) is 0 Å². The molecule has 0 spiro atoms. The van der Waals surface area contributed by atoms with E-state index in [0.29, 0.717) is 11.7 Å². The number of benzene rings is 1. The van der Waals surface area contributed by atoms with E-state index in [-0.39, 0.29) is 5.91 Å². The predicted molar refractivity (Wildman–Crippen MR) is 88.7 cm³/mol. The number of pyridine rings is 1. The molecule has 0 aliphatic heterocycles. The third-order valence-corrected chi connectivity index (χ3v) is 4.31. The SMILES string of the molecule is CC[C@@H](C)c1ccc(NC(=O)CSc2ccccn2)cc1. The van der Waals surface area contributed by atoms with Gasteiger partial charge in [0.05, 0.1) is 10.8 Å². The predicted octanol–water partition coefficient (Wildman–Crippen LogP) is 4.33. The summed E-state index contributed by atoms with van der Waals surface area (Å²) in [7, 11) is 0. The molecule has 0 unspecified atom stereocenters. The summed E-state index contributed by atoms with van der Waals surface area (Å²) in [6, 6.07) is 13.8. The molecule has 1 heterocycles. The zero-order valence-electron chi connectivity index (χ0n) is 12.4. The van der Waals surface area contributed by atoms with Crippen LogP contribution in [-0.4, -0.2) is 16.6 Å². The van der Waals surface area contributed by atoms with Crippen LogP contribution in [0.5, 0.6) is 0 Å². The summed E-state index contributed by atoms with van der Waals surface area (Å²) in [4.78, 5) is 16.1. The van der Waals surface area contributed by atoms with Gasteiger partial charge in [-0.25, -0.2) is 4.98 Å². The van der Waals surface area contributed by atoms with Crippen molar-refractivity contribution in [2.45, 2.75) is 31.2 Å². The highest BCUT2D eigenvalue weighted by atomic mass is 32.2. The number of carbonyl (C=O) groups is 1. The summed E-state index contributed by atoms with van der Waals surface area (Å²) < 4.78 is 0. The van der Waals surface area contributed by atoms with Gasteiger partial charge in [-0.3, -0.25) is 4.79 Å². The van der Waals surface area contributed by atoms with Crippen molar-refractivity contribution in [3.8, 4) is 0 Å². The second kappa shape index (κ2) is 7.84. The van der Waals surface area contributed by atoms with Gasteiger partial charge in [-0.15, -0.1) is 0 Å². The number of nitrogens with one attached hydrogen (secondary N) is 1. The minimum Gasteiger partial charge on any atom is -0.325 e. The van der Waals surface area contributed by atoms with Crippen molar-refractivity contribution in [1.82, 2.24) is 4.98 Å². The lowest BCUT2D eigenvalue weighted by molar-refractivity contribution is -0.113. The van der Waals surface area contributed by atoms with Gasteiger partial charge in [0.2, 0.25) is 5.91 Å². The van der Waals surface area contributed by atoms with Gasteiger partial charge >= 0.3 is 0 Å². The Morgan fingerprint density at radius 3 is 2.62 bits per heavy atom. The average Bonchev–Trinajstić information content (AvgIpc) is 2.54. The molecule has 110 valence electrons. The van der Waals surface area contributed by atoms with Crippen LogP contribution in [0.3, 0.4) is 0 Å². The van der Waals surface area contributed by atoms with Crippen LogP contribution < -0.4 is 5.32 Å². The van der Waals surface area contributed by atoms with Gasteiger partial charge in [-0.05, 0) is 42.2 Å². The Morgan fingerprint density at radius 2 is 2.00 bits per heavy atom. The molecule has 1 atom stereocenters. The van der Waals surface area contributed by atoms with Crippen molar-refractivity contribution in [2.24, 2.45) is 0 Å². The quantitative estimate of drug-likeness (QED) is 0.808. The molecule has 0 aliphatic rings. The van der Waals surface area contributed by atoms with E-state index in [1.807, 2.05) is 30.3 Å². The molecule has 1 N–H and O–H groups in total. The molecule has 0 aliphatic carbocycles. The topological polar surface area (TPSA) is 42.0 Å². The molecular formula is C17H20N2OS. The fraction of sp³-hybridized carbons (Fsp3) is 0.294. The summed E-state index contributed by atoms with van der Waals surface area (Å²) in [6.07, 6.45) is 2.85. The van der Waals surface area contributed by atoms with Crippen LogP contribution in [0, 0.1) is 0 Å².